The van der Waals surface area contributed by atoms with Gasteiger partial charge in [0.05, 0.1) is 5.92 Å². The summed E-state index contributed by atoms with van der Waals surface area (Å²) in [6, 6.07) is 0.442. The van der Waals surface area contributed by atoms with E-state index in [2.05, 4.69) is 41.5 Å². The van der Waals surface area contributed by atoms with Gasteiger partial charge in [-0.3, -0.25) is 9.69 Å². The van der Waals surface area contributed by atoms with Crippen molar-refractivity contribution < 1.29 is 4.79 Å². The lowest BCUT2D eigenvalue weighted by Gasteiger charge is -2.37. The molecule has 0 radical (unpaired) electrons. The summed E-state index contributed by atoms with van der Waals surface area (Å²) in [6.07, 6.45) is 0. The van der Waals surface area contributed by atoms with Crippen LogP contribution in [0, 0.1) is 11.8 Å². The summed E-state index contributed by atoms with van der Waals surface area (Å²) in [5.74, 6) is 0.822. The summed E-state index contributed by atoms with van der Waals surface area (Å²) in [4.78, 5) is 16.8. The third-order valence-electron chi connectivity index (χ3n) is 4.35. The van der Waals surface area contributed by atoms with Crippen molar-refractivity contribution in [3.8, 4) is 0 Å². The van der Waals surface area contributed by atoms with Crippen LogP contribution in [0.3, 0.4) is 0 Å². The smallest absolute Gasteiger partial charge is 0.224 e. The van der Waals surface area contributed by atoms with Crippen LogP contribution in [0.25, 0.3) is 0 Å². The summed E-state index contributed by atoms with van der Waals surface area (Å²) in [7, 11) is 4.29. The van der Waals surface area contributed by atoms with E-state index >= 15 is 0 Å². The van der Waals surface area contributed by atoms with Crippen LogP contribution >= 0.6 is 0 Å². The van der Waals surface area contributed by atoms with E-state index in [1.54, 1.807) is 0 Å². The first kappa shape index (κ1) is 13.8. The van der Waals surface area contributed by atoms with E-state index in [4.69, 9.17) is 0 Å². The van der Waals surface area contributed by atoms with Gasteiger partial charge in [0.1, 0.15) is 0 Å². The third-order valence-corrected chi connectivity index (χ3v) is 4.35. The lowest BCUT2D eigenvalue weighted by atomic mass is 9.97. The van der Waals surface area contributed by atoms with Gasteiger partial charge in [-0.05, 0) is 26.6 Å². The molecule has 3 atom stereocenters. The number of rotatable bonds is 3. The Morgan fingerprint density at radius 2 is 2.11 bits per heavy atom. The average molecular weight is 254 g/mol. The maximum atomic E-state index is 12.1. The van der Waals surface area contributed by atoms with Gasteiger partial charge in [0.15, 0.2) is 0 Å². The van der Waals surface area contributed by atoms with Crippen molar-refractivity contribution in [1.29, 1.82) is 0 Å². The molecule has 2 saturated heterocycles. The maximum Gasteiger partial charge on any atom is 0.224 e. The Bertz CT molecular complexity index is 297. The molecule has 2 rings (SSSR count). The molecule has 104 valence electrons. The average Bonchev–Trinajstić information content (AvgIpc) is 2.76. The van der Waals surface area contributed by atoms with Crippen molar-refractivity contribution in [2.24, 2.45) is 11.8 Å². The van der Waals surface area contributed by atoms with Gasteiger partial charge in [-0.1, -0.05) is 6.92 Å². The van der Waals surface area contributed by atoms with Gasteiger partial charge < -0.3 is 15.5 Å². The predicted molar refractivity (Wildman–Crippen MR) is 72.4 cm³/mol. The molecule has 2 fully saturated rings. The molecule has 2 aliphatic rings. The van der Waals surface area contributed by atoms with Gasteiger partial charge in [0.25, 0.3) is 0 Å². The Labute approximate surface area is 110 Å². The minimum atomic E-state index is 0.150. The molecule has 5 heteroatoms. The molecular formula is C13H26N4O. The lowest BCUT2D eigenvalue weighted by Crippen LogP contribution is -2.55. The van der Waals surface area contributed by atoms with Crippen LogP contribution in [0.2, 0.25) is 0 Å². The van der Waals surface area contributed by atoms with E-state index in [-0.39, 0.29) is 11.8 Å². The second kappa shape index (κ2) is 5.99. The molecule has 2 heterocycles. The number of hydrogen-bond donors (Lipinski definition) is 2. The molecule has 2 aliphatic heterocycles. The molecular weight excluding hydrogens is 228 g/mol. The van der Waals surface area contributed by atoms with Crippen LogP contribution in [0.5, 0.6) is 0 Å². The maximum absolute atomic E-state index is 12.1. The quantitative estimate of drug-likeness (QED) is 0.692. The van der Waals surface area contributed by atoms with Gasteiger partial charge in [-0.25, -0.2) is 0 Å². The van der Waals surface area contributed by atoms with Crippen LogP contribution in [-0.2, 0) is 4.79 Å². The highest BCUT2D eigenvalue weighted by molar-refractivity contribution is 5.79. The summed E-state index contributed by atoms with van der Waals surface area (Å²) in [5, 5.41) is 6.41. The SMILES string of the molecule is CC1CNCC1C(=O)NCC1CN(C)CCN1C. The molecule has 1 amide bonds. The van der Waals surface area contributed by atoms with E-state index in [1.807, 2.05) is 0 Å². The number of carbonyl (C=O) groups excluding carboxylic acids is 1. The molecule has 0 aliphatic carbocycles. The molecule has 3 unspecified atom stereocenters. The molecule has 0 spiro atoms. The van der Waals surface area contributed by atoms with E-state index in [9.17, 15) is 4.79 Å². The Morgan fingerprint density at radius 3 is 2.78 bits per heavy atom. The van der Waals surface area contributed by atoms with Gasteiger partial charge in [0, 0.05) is 38.8 Å². The summed E-state index contributed by atoms with van der Waals surface area (Å²) in [6.45, 7) is 7.93. The minimum absolute atomic E-state index is 0.150. The first-order valence-electron chi connectivity index (χ1n) is 6.95. The molecule has 0 saturated carbocycles. The number of carbonyl (C=O) groups is 1. The molecule has 0 aromatic heterocycles. The van der Waals surface area contributed by atoms with Crippen LogP contribution in [0.15, 0.2) is 0 Å². The van der Waals surface area contributed by atoms with E-state index in [0.29, 0.717) is 12.0 Å². The summed E-state index contributed by atoms with van der Waals surface area (Å²) in [5.41, 5.74) is 0. The van der Waals surface area contributed by atoms with Crippen molar-refractivity contribution in [2.75, 3.05) is 53.4 Å². The zero-order chi connectivity index (χ0) is 13.1. The fourth-order valence-corrected chi connectivity index (χ4v) is 2.83. The van der Waals surface area contributed by atoms with Crippen LogP contribution in [0.1, 0.15) is 6.92 Å². The third kappa shape index (κ3) is 3.22. The van der Waals surface area contributed by atoms with E-state index < -0.39 is 0 Å². The fraction of sp³-hybridized carbons (Fsp3) is 0.923. The standard InChI is InChI=1S/C13H26N4O/c1-10-6-14-8-12(10)13(18)15-7-11-9-16(2)4-5-17(11)3/h10-12,14H,4-9H2,1-3H3,(H,15,18). The predicted octanol–water partition coefficient (Wildman–Crippen LogP) is -0.796. The summed E-state index contributed by atoms with van der Waals surface area (Å²) < 4.78 is 0. The highest BCUT2D eigenvalue weighted by Crippen LogP contribution is 2.15. The molecule has 5 nitrogen and oxygen atoms in total. The second-order valence-corrected chi connectivity index (χ2v) is 5.88. The number of amides is 1. The molecule has 0 aromatic rings. The van der Waals surface area contributed by atoms with Crippen LogP contribution in [-0.4, -0.2) is 75.1 Å². The molecule has 0 aromatic carbocycles. The Hall–Kier alpha value is -0.650. The highest BCUT2D eigenvalue weighted by atomic mass is 16.1. The normalized spacial score (nSPS) is 34.7. The number of piperazine rings is 1. The van der Waals surface area contributed by atoms with E-state index in [0.717, 1.165) is 39.3 Å². The van der Waals surface area contributed by atoms with Crippen molar-refractivity contribution in [2.45, 2.75) is 13.0 Å². The second-order valence-electron chi connectivity index (χ2n) is 5.88. The van der Waals surface area contributed by atoms with Crippen molar-refractivity contribution in [1.82, 2.24) is 20.4 Å². The Morgan fingerprint density at radius 1 is 1.33 bits per heavy atom. The van der Waals surface area contributed by atoms with Gasteiger partial charge in [-0.2, -0.15) is 0 Å². The minimum Gasteiger partial charge on any atom is -0.354 e. The van der Waals surface area contributed by atoms with Gasteiger partial charge in [0.2, 0.25) is 5.91 Å². The first-order valence-corrected chi connectivity index (χ1v) is 6.95. The van der Waals surface area contributed by atoms with Gasteiger partial charge in [-0.15, -0.1) is 0 Å². The number of likely N-dealkylation sites (N-methyl/N-ethyl adjacent to an activating group) is 2. The summed E-state index contributed by atoms with van der Waals surface area (Å²) >= 11 is 0. The fourth-order valence-electron chi connectivity index (χ4n) is 2.83. The Kier molecular flexibility index (Phi) is 4.59. The monoisotopic (exact) mass is 254 g/mol. The van der Waals surface area contributed by atoms with Gasteiger partial charge >= 0.3 is 0 Å². The van der Waals surface area contributed by atoms with Crippen LogP contribution in [0.4, 0.5) is 0 Å². The lowest BCUT2D eigenvalue weighted by molar-refractivity contribution is -0.125. The number of nitrogens with one attached hydrogen (secondary N) is 2. The van der Waals surface area contributed by atoms with Crippen molar-refractivity contribution >= 4 is 5.91 Å². The zero-order valence-corrected chi connectivity index (χ0v) is 11.8. The first-order chi connectivity index (χ1) is 8.58. The Balaban J connectivity index is 1.78. The molecule has 2 N–H and O–H groups in total. The van der Waals surface area contributed by atoms with Crippen molar-refractivity contribution in [3.05, 3.63) is 0 Å². The zero-order valence-electron chi connectivity index (χ0n) is 11.8. The topological polar surface area (TPSA) is 47.6 Å². The molecule has 18 heavy (non-hydrogen) atoms. The highest BCUT2D eigenvalue weighted by Gasteiger charge is 2.30. The van der Waals surface area contributed by atoms with E-state index in [1.165, 1.54) is 0 Å². The van der Waals surface area contributed by atoms with Crippen LogP contribution < -0.4 is 10.6 Å². The number of hydrogen-bond acceptors (Lipinski definition) is 4. The number of nitrogens with zero attached hydrogens (tertiary/aromatic N) is 2. The molecule has 0 bridgehead atoms. The van der Waals surface area contributed by atoms with Crippen molar-refractivity contribution in [3.63, 3.8) is 0 Å². The largest absolute Gasteiger partial charge is 0.354 e.